The molecule has 0 amide bonds. The van der Waals surface area contributed by atoms with Crippen LogP contribution in [0.25, 0.3) is 0 Å². The van der Waals surface area contributed by atoms with E-state index < -0.39 is 11.6 Å². The normalized spacial score (nSPS) is 16.3. The Labute approximate surface area is 92.8 Å². The van der Waals surface area contributed by atoms with Gasteiger partial charge in [0.05, 0.1) is 0 Å². The molecule has 16 heavy (non-hydrogen) atoms. The van der Waals surface area contributed by atoms with Crippen LogP contribution in [0.5, 0.6) is 0 Å². The van der Waals surface area contributed by atoms with Crippen molar-refractivity contribution in [3.8, 4) is 0 Å². The standard InChI is InChI=1S/C11H13F2N3/c1-8-6-9(12)11(10(13)7-8)14-15-16-4-2-3-5-16/h6-7H,2-5H2,1H3. The zero-order valence-corrected chi connectivity index (χ0v) is 9.08. The predicted molar refractivity (Wildman–Crippen MR) is 56.4 cm³/mol. The molecule has 1 fully saturated rings. The van der Waals surface area contributed by atoms with E-state index in [2.05, 4.69) is 10.3 Å². The molecule has 1 saturated heterocycles. The van der Waals surface area contributed by atoms with Crippen molar-refractivity contribution in [2.45, 2.75) is 19.8 Å². The topological polar surface area (TPSA) is 28.0 Å². The molecule has 0 unspecified atom stereocenters. The third kappa shape index (κ3) is 2.35. The average Bonchev–Trinajstić information content (AvgIpc) is 2.68. The highest BCUT2D eigenvalue weighted by molar-refractivity contribution is 5.41. The van der Waals surface area contributed by atoms with Crippen molar-refractivity contribution in [2.24, 2.45) is 10.3 Å². The Morgan fingerprint density at radius 2 is 1.69 bits per heavy atom. The molecule has 2 rings (SSSR count). The molecule has 0 bridgehead atoms. The fraction of sp³-hybridized carbons (Fsp3) is 0.455. The summed E-state index contributed by atoms with van der Waals surface area (Å²) >= 11 is 0. The molecule has 1 aliphatic heterocycles. The first-order chi connectivity index (χ1) is 7.66. The molecule has 0 saturated carbocycles. The monoisotopic (exact) mass is 225 g/mol. The third-order valence-corrected chi connectivity index (χ3v) is 2.51. The molecule has 1 aromatic carbocycles. The molecule has 0 atom stereocenters. The van der Waals surface area contributed by atoms with Gasteiger partial charge in [-0.3, -0.25) is 5.01 Å². The van der Waals surface area contributed by atoms with Crippen LogP contribution >= 0.6 is 0 Å². The molecule has 86 valence electrons. The van der Waals surface area contributed by atoms with E-state index in [1.165, 1.54) is 12.1 Å². The van der Waals surface area contributed by atoms with E-state index in [1.54, 1.807) is 11.9 Å². The number of hydrogen-bond acceptors (Lipinski definition) is 2. The van der Waals surface area contributed by atoms with Crippen LogP contribution in [0.1, 0.15) is 18.4 Å². The Balaban J connectivity index is 2.20. The molecular formula is C11H13F2N3. The second-order valence-electron chi connectivity index (χ2n) is 3.93. The predicted octanol–water partition coefficient (Wildman–Crippen LogP) is 3.37. The van der Waals surface area contributed by atoms with Crippen LogP contribution < -0.4 is 0 Å². The largest absolute Gasteiger partial charge is 0.278 e. The highest BCUT2D eigenvalue weighted by Crippen LogP contribution is 2.24. The van der Waals surface area contributed by atoms with Crippen LogP contribution in [-0.2, 0) is 0 Å². The van der Waals surface area contributed by atoms with E-state index in [0.717, 1.165) is 25.9 Å². The van der Waals surface area contributed by atoms with Crippen molar-refractivity contribution < 1.29 is 8.78 Å². The van der Waals surface area contributed by atoms with Gasteiger partial charge in [-0.25, -0.2) is 8.78 Å². The average molecular weight is 225 g/mol. The third-order valence-electron chi connectivity index (χ3n) is 2.51. The van der Waals surface area contributed by atoms with Gasteiger partial charge in [-0.1, -0.05) is 5.22 Å². The van der Waals surface area contributed by atoms with E-state index in [-0.39, 0.29) is 5.69 Å². The van der Waals surface area contributed by atoms with Crippen LogP contribution in [0.3, 0.4) is 0 Å². The van der Waals surface area contributed by atoms with Gasteiger partial charge >= 0.3 is 0 Å². The highest BCUT2D eigenvalue weighted by atomic mass is 19.1. The fourth-order valence-corrected chi connectivity index (χ4v) is 1.69. The molecule has 1 aromatic rings. The molecule has 0 spiro atoms. The quantitative estimate of drug-likeness (QED) is 0.709. The summed E-state index contributed by atoms with van der Waals surface area (Å²) in [7, 11) is 0. The Hall–Kier alpha value is -1.52. The fourth-order valence-electron chi connectivity index (χ4n) is 1.69. The summed E-state index contributed by atoms with van der Waals surface area (Å²) in [5.74, 6) is -1.33. The van der Waals surface area contributed by atoms with Gasteiger partial charge in [-0.2, -0.15) is 0 Å². The lowest BCUT2D eigenvalue weighted by Gasteiger charge is -2.07. The summed E-state index contributed by atoms with van der Waals surface area (Å²) in [4.78, 5) is 0. The van der Waals surface area contributed by atoms with Gasteiger partial charge < -0.3 is 0 Å². The van der Waals surface area contributed by atoms with Crippen LogP contribution in [0.4, 0.5) is 14.5 Å². The minimum atomic E-state index is -0.666. The van der Waals surface area contributed by atoms with Gasteiger partial charge in [0.2, 0.25) is 0 Å². The molecule has 1 aliphatic rings. The summed E-state index contributed by atoms with van der Waals surface area (Å²) in [5.41, 5.74) is 0.229. The molecule has 3 nitrogen and oxygen atoms in total. The maximum atomic E-state index is 13.4. The summed E-state index contributed by atoms with van der Waals surface area (Å²) in [5, 5.41) is 9.17. The molecule has 1 heterocycles. The highest BCUT2D eigenvalue weighted by Gasteiger charge is 2.12. The van der Waals surface area contributed by atoms with Crippen molar-refractivity contribution in [2.75, 3.05) is 13.1 Å². The summed E-state index contributed by atoms with van der Waals surface area (Å²) in [6.45, 7) is 3.24. The van der Waals surface area contributed by atoms with Gasteiger partial charge in [0, 0.05) is 13.1 Å². The molecule has 0 aromatic heterocycles. The Kier molecular flexibility index (Phi) is 3.12. The SMILES string of the molecule is Cc1cc(F)c(N=NN2CCCC2)c(F)c1. The number of aryl methyl sites for hydroxylation is 1. The Morgan fingerprint density at radius 3 is 2.25 bits per heavy atom. The molecule has 5 heteroatoms. The lowest BCUT2D eigenvalue weighted by atomic mass is 10.2. The molecule has 0 radical (unpaired) electrons. The minimum absolute atomic E-state index is 0.308. The van der Waals surface area contributed by atoms with E-state index in [9.17, 15) is 8.78 Å². The number of rotatable bonds is 2. The molecule has 0 aliphatic carbocycles. The molecule has 0 N–H and O–H groups in total. The second-order valence-corrected chi connectivity index (χ2v) is 3.93. The van der Waals surface area contributed by atoms with Gasteiger partial charge in [0.15, 0.2) is 17.3 Å². The van der Waals surface area contributed by atoms with Gasteiger partial charge in [0.1, 0.15) is 0 Å². The summed E-state index contributed by atoms with van der Waals surface area (Å²) in [6, 6.07) is 2.50. The van der Waals surface area contributed by atoms with Crippen molar-refractivity contribution in [3.05, 3.63) is 29.3 Å². The van der Waals surface area contributed by atoms with Crippen molar-refractivity contribution in [1.29, 1.82) is 0 Å². The van der Waals surface area contributed by atoms with Crippen LogP contribution in [0.15, 0.2) is 22.5 Å². The van der Waals surface area contributed by atoms with Gasteiger partial charge in [-0.15, -0.1) is 5.11 Å². The lowest BCUT2D eigenvalue weighted by Crippen LogP contribution is -2.09. The van der Waals surface area contributed by atoms with Crippen molar-refractivity contribution in [3.63, 3.8) is 0 Å². The van der Waals surface area contributed by atoms with Gasteiger partial charge in [0.25, 0.3) is 0 Å². The first kappa shape index (κ1) is 11.0. The van der Waals surface area contributed by atoms with Gasteiger partial charge in [-0.05, 0) is 37.5 Å². The number of benzene rings is 1. The number of halogens is 2. The van der Waals surface area contributed by atoms with E-state index in [0.29, 0.717) is 5.56 Å². The molecular weight excluding hydrogens is 212 g/mol. The van der Waals surface area contributed by atoms with E-state index >= 15 is 0 Å². The van der Waals surface area contributed by atoms with Crippen LogP contribution in [0, 0.1) is 18.6 Å². The Morgan fingerprint density at radius 1 is 1.12 bits per heavy atom. The van der Waals surface area contributed by atoms with E-state index in [4.69, 9.17) is 0 Å². The van der Waals surface area contributed by atoms with Crippen molar-refractivity contribution in [1.82, 2.24) is 5.01 Å². The minimum Gasteiger partial charge on any atom is -0.278 e. The smallest absolute Gasteiger partial charge is 0.159 e. The number of hydrogen-bond donors (Lipinski definition) is 0. The Bertz CT molecular complexity index is 389. The summed E-state index contributed by atoms with van der Waals surface area (Å²) < 4.78 is 26.7. The van der Waals surface area contributed by atoms with Crippen molar-refractivity contribution >= 4 is 5.69 Å². The lowest BCUT2D eigenvalue weighted by molar-refractivity contribution is 0.335. The van der Waals surface area contributed by atoms with E-state index in [1.807, 2.05) is 0 Å². The van der Waals surface area contributed by atoms with Crippen LogP contribution in [0.2, 0.25) is 0 Å². The second kappa shape index (κ2) is 4.55. The maximum Gasteiger partial charge on any atom is 0.159 e. The first-order valence-corrected chi connectivity index (χ1v) is 5.29. The first-order valence-electron chi connectivity index (χ1n) is 5.29. The van der Waals surface area contributed by atoms with Crippen LogP contribution in [-0.4, -0.2) is 18.1 Å². The zero-order valence-electron chi connectivity index (χ0n) is 9.08. The maximum absolute atomic E-state index is 13.4. The zero-order chi connectivity index (χ0) is 11.5. The summed E-state index contributed by atoms with van der Waals surface area (Å²) in [6.07, 6.45) is 2.11. The number of nitrogens with zero attached hydrogens (tertiary/aromatic N) is 3.